The molecule has 0 aliphatic heterocycles. The smallest absolute Gasteiger partial charge is 0.202 e. The van der Waals surface area contributed by atoms with Gasteiger partial charge in [0.15, 0.2) is 0 Å². The highest BCUT2D eigenvalue weighted by atomic mass is 32.1. The summed E-state index contributed by atoms with van der Waals surface area (Å²) in [5.41, 5.74) is 6.37. The Kier molecular flexibility index (Phi) is 4.81. The fraction of sp³-hybridized carbons (Fsp3) is 0.385. The number of nitrogens with one attached hydrogen (secondary N) is 1. The number of nitrogens with two attached hydrogens (primary N) is 1. The minimum absolute atomic E-state index is 0.234. The summed E-state index contributed by atoms with van der Waals surface area (Å²) < 4.78 is 17.3. The standard InChI is InChI=1S/C13H17FN4S/c1-9(5-6-15)16-13-17-12(18-19-13)8-10-3-2-4-11(14)7-10/h2-4,7,9H,5-6,8,15H2,1H3,(H,16,17,18). The van der Waals surface area contributed by atoms with Crippen molar-refractivity contribution in [3.8, 4) is 0 Å². The highest BCUT2D eigenvalue weighted by molar-refractivity contribution is 7.09. The minimum Gasteiger partial charge on any atom is -0.358 e. The number of halogens is 1. The molecule has 0 spiro atoms. The molecule has 0 aliphatic carbocycles. The topological polar surface area (TPSA) is 63.8 Å². The Hall–Kier alpha value is -1.53. The molecule has 0 fully saturated rings. The molecule has 19 heavy (non-hydrogen) atoms. The van der Waals surface area contributed by atoms with Crippen LogP contribution in [0.5, 0.6) is 0 Å². The highest BCUT2D eigenvalue weighted by Crippen LogP contribution is 2.16. The van der Waals surface area contributed by atoms with E-state index in [0.717, 1.165) is 17.1 Å². The van der Waals surface area contributed by atoms with E-state index in [-0.39, 0.29) is 11.9 Å². The summed E-state index contributed by atoms with van der Waals surface area (Å²) in [6, 6.07) is 6.78. The molecule has 0 aliphatic rings. The van der Waals surface area contributed by atoms with Crippen molar-refractivity contribution in [3.63, 3.8) is 0 Å². The fourth-order valence-corrected chi connectivity index (χ4v) is 2.44. The van der Waals surface area contributed by atoms with Crippen LogP contribution in [0.1, 0.15) is 24.7 Å². The molecule has 0 radical (unpaired) electrons. The minimum atomic E-state index is -0.234. The van der Waals surface area contributed by atoms with Gasteiger partial charge in [-0.2, -0.15) is 4.37 Å². The Balaban J connectivity index is 1.97. The molecule has 102 valence electrons. The first-order valence-corrected chi connectivity index (χ1v) is 6.98. The molecule has 1 aromatic carbocycles. The fourth-order valence-electron chi connectivity index (χ4n) is 1.75. The molecule has 4 nitrogen and oxygen atoms in total. The van der Waals surface area contributed by atoms with E-state index in [1.165, 1.54) is 23.7 Å². The SMILES string of the molecule is CC(CCN)Nc1nc(Cc2cccc(F)c2)ns1. The van der Waals surface area contributed by atoms with Crippen molar-refractivity contribution in [1.29, 1.82) is 0 Å². The molecular formula is C13H17FN4S. The molecule has 0 bridgehead atoms. The third-order valence-corrected chi connectivity index (χ3v) is 3.37. The quantitative estimate of drug-likeness (QED) is 0.853. The normalized spacial score (nSPS) is 12.4. The summed E-state index contributed by atoms with van der Waals surface area (Å²) in [5.74, 6) is 0.473. The summed E-state index contributed by atoms with van der Waals surface area (Å²) in [7, 11) is 0. The van der Waals surface area contributed by atoms with Crippen LogP contribution in [0, 0.1) is 5.82 Å². The molecule has 1 aromatic heterocycles. The third-order valence-electron chi connectivity index (χ3n) is 2.69. The molecule has 0 amide bonds. The largest absolute Gasteiger partial charge is 0.358 e. The lowest BCUT2D eigenvalue weighted by Crippen LogP contribution is -2.19. The lowest BCUT2D eigenvalue weighted by molar-refractivity contribution is 0.626. The van der Waals surface area contributed by atoms with Crippen molar-refractivity contribution < 1.29 is 4.39 Å². The molecule has 0 saturated heterocycles. The zero-order chi connectivity index (χ0) is 13.7. The summed E-state index contributed by atoms with van der Waals surface area (Å²) in [4.78, 5) is 4.39. The van der Waals surface area contributed by atoms with Gasteiger partial charge in [0.05, 0.1) is 0 Å². The van der Waals surface area contributed by atoms with Crippen LogP contribution < -0.4 is 11.1 Å². The summed E-state index contributed by atoms with van der Waals surface area (Å²) in [6.07, 6.45) is 1.43. The molecule has 2 aromatic rings. The van der Waals surface area contributed by atoms with Crippen LogP contribution in [0.3, 0.4) is 0 Å². The van der Waals surface area contributed by atoms with Gasteiger partial charge in [-0.25, -0.2) is 9.37 Å². The van der Waals surface area contributed by atoms with Gasteiger partial charge in [0, 0.05) is 24.0 Å². The average Bonchev–Trinajstić information content (AvgIpc) is 2.76. The van der Waals surface area contributed by atoms with Crippen molar-refractivity contribution >= 4 is 16.7 Å². The molecule has 6 heteroatoms. The van der Waals surface area contributed by atoms with Gasteiger partial charge >= 0.3 is 0 Å². The van der Waals surface area contributed by atoms with Crippen LogP contribution in [-0.4, -0.2) is 21.9 Å². The predicted octanol–water partition coefficient (Wildman–Crippen LogP) is 2.42. The lowest BCUT2D eigenvalue weighted by atomic mass is 10.1. The molecule has 1 atom stereocenters. The van der Waals surface area contributed by atoms with Crippen LogP contribution >= 0.6 is 11.5 Å². The molecule has 0 saturated carbocycles. The zero-order valence-electron chi connectivity index (χ0n) is 10.8. The molecule has 1 unspecified atom stereocenters. The average molecular weight is 280 g/mol. The molecule has 3 N–H and O–H groups in total. The monoisotopic (exact) mass is 280 g/mol. The van der Waals surface area contributed by atoms with Gasteiger partial charge in [-0.1, -0.05) is 12.1 Å². The Morgan fingerprint density at radius 2 is 2.32 bits per heavy atom. The Morgan fingerprint density at radius 1 is 1.47 bits per heavy atom. The zero-order valence-corrected chi connectivity index (χ0v) is 11.6. The van der Waals surface area contributed by atoms with Crippen molar-refractivity contribution in [1.82, 2.24) is 9.36 Å². The first-order valence-electron chi connectivity index (χ1n) is 6.21. The second kappa shape index (κ2) is 6.58. The van der Waals surface area contributed by atoms with Gasteiger partial charge in [-0.3, -0.25) is 0 Å². The second-order valence-corrected chi connectivity index (χ2v) is 5.20. The van der Waals surface area contributed by atoms with E-state index in [1.807, 2.05) is 6.07 Å². The first-order chi connectivity index (χ1) is 9.17. The van der Waals surface area contributed by atoms with E-state index in [9.17, 15) is 4.39 Å². The Labute approximate surface area is 116 Å². The maximum absolute atomic E-state index is 13.1. The number of nitrogens with zero attached hydrogens (tertiary/aromatic N) is 2. The summed E-state index contributed by atoms with van der Waals surface area (Å²) >= 11 is 1.32. The van der Waals surface area contributed by atoms with E-state index in [4.69, 9.17) is 5.73 Å². The maximum Gasteiger partial charge on any atom is 0.202 e. The maximum atomic E-state index is 13.1. The van der Waals surface area contributed by atoms with Gasteiger partial charge < -0.3 is 11.1 Å². The molecule has 1 heterocycles. The van der Waals surface area contributed by atoms with E-state index in [0.29, 0.717) is 18.8 Å². The number of hydrogen-bond acceptors (Lipinski definition) is 5. The van der Waals surface area contributed by atoms with Crippen molar-refractivity contribution in [2.24, 2.45) is 5.73 Å². The van der Waals surface area contributed by atoms with Crippen molar-refractivity contribution in [2.45, 2.75) is 25.8 Å². The van der Waals surface area contributed by atoms with E-state index in [1.54, 1.807) is 6.07 Å². The third kappa shape index (κ3) is 4.25. The van der Waals surface area contributed by atoms with Crippen LogP contribution in [0.4, 0.5) is 9.52 Å². The highest BCUT2D eigenvalue weighted by Gasteiger charge is 2.08. The van der Waals surface area contributed by atoms with Crippen molar-refractivity contribution in [2.75, 3.05) is 11.9 Å². The van der Waals surface area contributed by atoms with Crippen LogP contribution in [0.25, 0.3) is 0 Å². The van der Waals surface area contributed by atoms with E-state index < -0.39 is 0 Å². The van der Waals surface area contributed by atoms with Crippen LogP contribution in [0.15, 0.2) is 24.3 Å². The van der Waals surface area contributed by atoms with Crippen LogP contribution in [0.2, 0.25) is 0 Å². The van der Waals surface area contributed by atoms with Gasteiger partial charge in [0.1, 0.15) is 11.6 Å². The lowest BCUT2D eigenvalue weighted by Gasteiger charge is -2.09. The Bertz CT molecular complexity index is 529. The Morgan fingerprint density at radius 3 is 3.05 bits per heavy atom. The number of hydrogen-bond donors (Lipinski definition) is 2. The first kappa shape index (κ1) is 13.9. The van der Waals surface area contributed by atoms with Gasteiger partial charge in [-0.05, 0) is 37.6 Å². The number of benzene rings is 1. The van der Waals surface area contributed by atoms with Gasteiger partial charge in [0.25, 0.3) is 0 Å². The molecular weight excluding hydrogens is 263 g/mol. The van der Waals surface area contributed by atoms with Gasteiger partial charge in [-0.15, -0.1) is 0 Å². The van der Waals surface area contributed by atoms with E-state index in [2.05, 4.69) is 21.6 Å². The summed E-state index contributed by atoms with van der Waals surface area (Å²) in [5, 5.41) is 4.04. The number of aromatic nitrogens is 2. The van der Waals surface area contributed by atoms with Crippen molar-refractivity contribution in [3.05, 3.63) is 41.5 Å². The second-order valence-electron chi connectivity index (χ2n) is 4.45. The van der Waals surface area contributed by atoms with Gasteiger partial charge in [0.2, 0.25) is 5.13 Å². The molecule has 2 rings (SSSR count). The number of rotatable bonds is 6. The summed E-state index contributed by atoms with van der Waals surface area (Å²) in [6.45, 7) is 2.70. The number of anilines is 1. The predicted molar refractivity (Wildman–Crippen MR) is 75.9 cm³/mol. The van der Waals surface area contributed by atoms with Crippen LogP contribution in [-0.2, 0) is 6.42 Å². The van der Waals surface area contributed by atoms with E-state index >= 15 is 0 Å².